The van der Waals surface area contributed by atoms with Crippen LogP contribution in [0, 0.1) is 0 Å². The molecule has 3 rings (SSSR count). The maximum absolute atomic E-state index is 13.0. The van der Waals surface area contributed by atoms with Crippen LogP contribution in [-0.2, 0) is 15.7 Å². The van der Waals surface area contributed by atoms with Gasteiger partial charge in [0.25, 0.3) is 0 Å². The fourth-order valence-corrected chi connectivity index (χ4v) is 3.80. The van der Waals surface area contributed by atoms with Crippen molar-refractivity contribution in [2.45, 2.75) is 13.1 Å². The van der Waals surface area contributed by atoms with Gasteiger partial charge in [0.2, 0.25) is 0 Å². The van der Waals surface area contributed by atoms with Gasteiger partial charge in [0.1, 0.15) is 27.9 Å². The number of carbonyl (C=O) groups is 1. The molecule has 2 aromatic rings. The van der Waals surface area contributed by atoms with Gasteiger partial charge >= 0.3 is 12.1 Å². The van der Waals surface area contributed by atoms with Crippen LogP contribution >= 0.6 is 11.8 Å². The minimum atomic E-state index is -4.56. The fraction of sp³-hybridized carbons (Fsp3) is 0.182. The summed E-state index contributed by atoms with van der Waals surface area (Å²) in [4.78, 5) is 16.7. The van der Waals surface area contributed by atoms with E-state index in [1.165, 1.54) is 37.5 Å². The van der Waals surface area contributed by atoms with E-state index in [1.807, 2.05) is 0 Å². The standard InChI is InChI=1S/C22H18F3NO5S/c1-3-31-21(29)18-19(28)17(10-12-9-15(30-2)7-8-16(12)27)32-20(18)26-14-6-4-5-13(11-14)22(23,24)25/h4-11,27-28H,3H2,1-2H3. The molecule has 0 radical (unpaired) electrons. The Morgan fingerprint density at radius 3 is 2.59 bits per heavy atom. The van der Waals surface area contributed by atoms with E-state index in [1.54, 1.807) is 13.0 Å². The monoisotopic (exact) mass is 465 g/mol. The van der Waals surface area contributed by atoms with Crippen molar-refractivity contribution in [2.75, 3.05) is 13.7 Å². The third kappa shape index (κ3) is 5.08. The minimum absolute atomic E-state index is 0.0207. The lowest BCUT2D eigenvalue weighted by Crippen LogP contribution is -2.13. The van der Waals surface area contributed by atoms with E-state index in [0.717, 1.165) is 23.9 Å². The summed E-state index contributed by atoms with van der Waals surface area (Å²) in [5.74, 6) is -0.986. The van der Waals surface area contributed by atoms with Crippen molar-refractivity contribution in [3.05, 3.63) is 69.8 Å². The van der Waals surface area contributed by atoms with Crippen LogP contribution in [0.3, 0.4) is 0 Å². The highest BCUT2D eigenvalue weighted by atomic mass is 32.2. The first kappa shape index (κ1) is 23.3. The first-order valence-electron chi connectivity index (χ1n) is 9.27. The number of rotatable bonds is 5. The number of hydrogen-bond donors (Lipinski definition) is 2. The number of alkyl halides is 3. The summed E-state index contributed by atoms with van der Waals surface area (Å²) in [6.45, 7) is 1.60. The maximum atomic E-state index is 13.0. The van der Waals surface area contributed by atoms with Gasteiger partial charge in [0.05, 0.1) is 29.9 Å². The molecule has 0 saturated heterocycles. The summed E-state index contributed by atoms with van der Waals surface area (Å²) < 4.78 is 49.2. The molecule has 0 bridgehead atoms. The molecule has 0 saturated carbocycles. The second-order valence-corrected chi connectivity index (χ2v) is 7.48. The number of hydrogen-bond acceptors (Lipinski definition) is 7. The summed E-state index contributed by atoms with van der Waals surface area (Å²) in [5, 5.41) is 20.7. The number of methoxy groups -OCH3 is 1. The Morgan fingerprint density at radius 1 is 1.19 bits per heavy atom. The number of benzene rings is 2. The van der Waals surface area contributed by atoms with Crippen molar-refractivity contribution in [1.29, 1.82) is 0 Å². The number of aliphatic hydroxyl groups excluding tert-OH is 1. The normalized spacial score (nSPS) is 16.7. The zero-order valence-electron chi connectivity index (χ0n) is 16.9. The summed E-state index contributed by atoms with van der Waals surface area (Å²) in [7, 11) is 1.45. The molecule has 0 atom stereocenters. The molecule has 0 spiro atoms. The van der Waals surface area contributed by atoms with Crippen molar-refractivity contribution in [1.82, 2.24) is 0 Å². The van der Waals surface area contributed by atoms with Crippen LogP contribution in [0.25, 0.3) is 6.08 Å². The maximum Gasteiger partial charge on any atom is 0.416 e. The Labute approximate surface area is 185 Å². The highest BCUT2D eigenvalue weighted by Crippen LogP contribution is 2.42. The Hall–Kier alpha value is -3.40. The zero-order chi connectivity index (χ0) is 23.5. The number of phenolic OH excluding ortho intramolecular Hbond substituents is 1. The molecule has 1 heterocycles. The number of carbonyl (C=O) groups excluding carboxylic acids is 1. The number of thioether (sulfide) groups is 1. The minimum Gasteiger partial charge on any atom is -0.507 e. The lowest BCUT2D eigenvalue weighted by atomic mass is 10.1. The summed E-state index contributed by atoms with van der Waals surface area (Å²) in [6, 6.07) is 8.74. The number of phenols is 1. The molecule has 0 aromatic heterocycles. The van der Waals surface area contributed by atoms with Gasteiger partial charge in [0.15, 0.2) is 0 Å². The molecule has 10 heteroatoms. The van der Waals surface area contributed by atoms with Crippen LogP contribution < -0.4 is 4.74 Å². The molecule has 2 N–H and O–H groups in total. The SMILES string of the molecule is CCOC(=O)C1=C(O)C(=Cc2cc(OC)ccc2O)SC1=Nc1cccc(C(F)(F)F)c1. The van der Waals surface area contributed by atoms with Crippen molar-refractivity contribution < 1.29 is 37.7 Å². The number of esters is 1. The average molecular weight is 465 g/mol. The fourth-order valence-electron chi connectivity index (χ4n) is 2.78. The van der Waals surface area contributed by atoms with E-state index in [9.17, 15) is 28.2 Å². The van der Waals surface area contributed by atoms with Gasteiger partial charge in [-0.1, -0.05) is 17.8 Å². The van der Waals surface area contributed by atoms with Gasteiger partial charge < -0.3 is 19.7 Å². The summed E-state index contributed by atoms with van der Waals surface area (Å²) >= 11 is 0.859. The van der Waals surface area contributed by atoms with Crippen LogP contribution in [-0.4, -0.2) is 34.9 Å². The van der Waals surface area contributed by atoms with Crippen LogP contribution in [0.15, 0.2) is 63.7 Å². The Bertz CT molecular complexity index is 1140. The van der Waals surface area contributed by atoms with Crippen LogP contribution in [0.4, 0.5) is 18.9 Å². The second-order valence-electron chi connectivity index (χ2n) is 6.44. The zero-order valence-corrected chi connectivity index (χ0v) is 17.8. The van der Waals surface area contributed by atoms with E-state index < -0.39 is 23.5 Å². The predicted octanol–water partition coefficient (Wildman–Crippen LogP) is 5.61. The Kier molecular flexibility index (Phi) is 6.83. The van der Waals surface area contributed by atoms with Gasteiger partial charge in [-0.2, -0.15) is 13.2 Å². The molecule has 2 aromatic carbocycles. The largest absolute Gasteiger partial charge is 0.507 e. The van der Waals surface area contributed by atoms with Crippen molar-refractivity contribution >= 4 is 34.5 Å². The highest BCUT2D eigenvalue weighted by molar-refractivity contribution is 8.18. The molecule has 168 valence electrons. The number of nitrogens with zero attached hydrogens (tertiary/aromatic N) is 1. The molecule has 0 unspecified atom stereocenters. The molecular formula is C22H18F3NO5S. The van der Waals surface area contributed by atoms with Gasteiger partial charge in [-0.15, -0.1) is 0 Å². The van der Waals surface area contributed by atoms with E-state index in [2.05, 4.69) is 4.99 Å². The lowest BCUT2D eigenvalue weighted by Gasteiger charge is -2.07. The second kappa shape index (κ2) is 9.39. The quantitative estimate of drug-likeness (QED) is 0.558. The third-order valence-electron chi connectivity index (χ3n) is 4.30. The van der Waals surface area contributed by atoms with Gasteiger partial charge in [-0.05, 0) is 49.4 Å². The predicted molar refractivity (Wildman–Crippen MR) is 115 cm³/mol. The van der Waals surface area contributed by atoms with Crippen LogP contribution in [0.1, 0.15) is 18.1 Å². The smallest absolute Gasteiger partial charge is 0.416 e. The first-order valence-corrected chi connectivity index (χ1v) is 10.1. The van der Waals surface area contributed by atoms with Gasteiger partial charge in [-0.25, -0.2) is 9.79 Å². The number of aliphatic hydroxyl groups is 1. The van der Waals surface area contributed by atoms with Gasteiger partial charge in [0, 0.05) is 5.56 Å². The molecule has 32 heavy (non-hydrogen) atoms. The Morgan fingerprint density at radius 2 is 1.94 bits per heavy atom. The molecule has 0 amide bonds. The van der Waals surface area contributed by atoms with E-state index in [4.69, 9.17) is 9.47 Å². The van der Waals surface area contributed by atoms with Crippen LogP contribution in [0.5, 0.6) is 11.5 Å². The molecule has 0 fully saturated rings. The number of halogens is 3. The van der Waals surface area contributed by atoms with Crippen LogP contribution in [0.2, 0.25) is 0 Å². The van der Waals surface area contributed by atoms with Gasteiger partial charge in [-0.3, -0.25) is 0 Å². The first-order chi connectivity index (χ1) is 15.1. The molecule has 6 nitrogen and oxygen atoms in total. The van der Waals surface area contributed by atoms with Crippen molar-refractivity contribution in [3.63, 3.8) is 0 Å². The topological polar surface area (TPSA) is 88.4 Å². The van der Waals surface area contributed by atoms with Crippen molar-refractivity contribution in [3.8, 4) is 11.5 Å². The number of aliphatic imine (C=N–C) groups is 1. The third-order valence-corrected chi connectivity index (χ3v) is 5.32. The molecule has 0 aliphatic carbocycles. The number of aromatic hydroxyl groups is 1. The van der Waals surface area contributed by atoms with E-state index >= 15 is 0 Å². The van der Waals surface area contributed by atoms with E-state index in [-0.39, 0.29) is 33.6 Å². The average Bonchev–Trinajstić information content (AvgIpc) is 3.04. The Balaban J connectivity index is 2.08. The highest BCUT2D eigenvalue weighted by Gasteiger charge is 2.34. The van der Waals surface area contributed by atoms with Crippen molar-refractivity contribution in [2.24, 2.45) is 4.99 Å². The summed E-state index contributed by atoms with van der Waals surface area (Å²) in [5.41, 5.74) is -0.933. The molecule has 1 aliphatic rings. The van der Waals surface area contributed by atoms with E-state index in [0.29, 0.717) is 11.3 Å². The molecular weight excluding hydrogens is 447 g/mol. The summed E-state index contributed by atoms with van der Waals surface area (Å²) in [6.07, 6.45) is -3.15. The lowest BCUT2D eigenvalue weighted by molar-refractivity contribution is -0.138. The number of ether oxygens (including phenoxy) is 2. The molecule has 1 aliphatic heterocycles.